The van der Waals surface area contributed by atoms with E-state index in [1.807, 2.05) is 48.2 Å². The molecule has 1 N–H and O–H groups in total. The minimum atomic E-state index is -0.0640. The number of aryl methyl sites for hydroxylation is 2. The van der Waals surface area contributed by atoms with Crippen molar-refractivity contribution in [3.8, 4) is 0 Å². The van der Waals surface area contributed by atoms with Crippen LogP contribution in [0.5, 0.6) is 0 Å². The molecule has 1 aromatic carbocycles. The van der Waals surface area contributed by atoms with Gasteiger partial charge in [0.25, 0.3) is 5.91 Å². The molecule has 2 amide bonds. The lowest BCUT2D eigenvalue weighted by Crippen LogP contribution is -2.50. The highest BCUT2D eigenvalue weighted by atomic mass is 16.2. The summed E-state index contributed by atoms with van der Waals surface area (Å²) in [6.07, 6.45) is 0. The van der Waals surface area contributed by atoms with Gasteiger partial charge in [0.15, 0.2) is 0 Å². The van der Waals surface area contributed by atoms with Gasteiger partial charge >= 0.3 is 0 Å². The number of amides is 2. The summed E-state index contributed by atoms with van der Waals surface area (Å²) in [7, 11) is 1.80. The molecule has 1 aliphatic rings. The van der Waals surface area contributed by atoms with Crippen molar-refractivity contribution in [3.05, 3.63) is 47.7 Å². The number of nitrogens with one attached hydrogen (secondary N) is 1. The lowest BCUT2D eigenvalue weighted by molar-refractivity contribution is -0.117. The highest BCUT2D eigenvalue weighted by molar-refractivity contribution is 5.94. The smallest absolute Gasteiger partial charge is 0.253 e. The molecule has 0 aliphatic carbocycles. The Balaban J connectivity index is 1.48. The number of hydrogen-bond acceptors (Lipinski definition) is 4. The molecule has 2 aromatic rings. The molecule has 3 rings (SSSR count). The third-order valence-corrected chi connectivity index (χ3v) is 4.32. The van der Waals surface area contributed by atoms with Gasteiger partial charge in [0.05, 0.1) is 12.2 Å². The largest absolute Gasteiger partial charge is 0.336 e. The highest BCUT2D eigenvalue weighted by Gasteiger charge is 2.23. The number of hydrogen-bond donors (Lipinski definition) is 1. The zero-order valence-corrected chi connectivity index (χ0v) is 14.6. The summed E-state index contributed by atoms with van der Waals surface area (Å²) >= 11 is 0. The number of piperazine rings is 1. The SMILES string of the molecule is Cc1cc(NC(=O)CN2CCN(C(=O)c3ccccc3)CC2)n(C)n1. The Morgan fingerprint density at radius 2 is 1.80 bits per heavy atom. The van der Waals surface area contributed by atoms with Gasteiger partial charge in [0, 0.05) is 44.9 Å². The number of carbonyl (C=O) groups is 2. The maximum atomic E-state index is 12.4. The van der Waals surface area contributed by atoms with E-state index in [4.69, 9.17) is 0 Å². The topological polar surface area (TPSA) is 70.5 Å². The number of nitrogens with zero attached hydrogens (tertiary/aromatic N) is 4. The second kappa shape index (κ2) is 7.48. The Morgan fingerprint density at radius 1 is 1.12 bits per heavy atom. The van der Waals surface area contributed by atoms with E-state index in [0.29, 0.717) is 44.1 Å². The number of aromatic nitrogens is 2. The standard InChI is InChI=1S/C18H23N5O2/c1-14-12-16(21(2)20-14)19-17(24)13-22-8-10-23(11-9-22)18(25)15-6-4-3-5-7-15/h3-7,12H,8-11,13H2,1-2H3,(H,19,24). The van der Waals surface area contributed by atoms with E-state index >= 15 is 0 Å². The fraction of sp³-hybridized carbons (Fsp3) is 0.389. The highest BCUT2D eigenvalue weighted by Crippen LogP contribution is 2.10. The molecule has 132 valence electrons. The summed E-state index contributed by atoms with van der Waals surface area (Å²) in [6, 6.07) is 11.1. The molecule has 7 heteroatoms. The maximum absolute atomic E-state index is 12.4. The van der Waals surface area contributed by atoms with Gasteiger partial charge in [-0.15, -0.1) is 0 Å². The molecule has 2 heterocycles. The lowest BCUT2D eigenvalue weighted by Gasteiger charge is -2.34. The van der Waals surface area contributed by atoms with Gasteiger partial charge in [-0.05, 0) is 19.1 Å². The third-order valence-electron chi connectivity index (χ3n) is 4.32. The quantitative estimate of drug-likeness (QED) is 0.905. The van der Waals surface area contributed by atoms with Crippen molar-refractivity contribution >= 4 is 17.6 Å². The minimum absolute atomic E-state index is 0.0510. The molecule has 1 aromatic heterocycles. The van der Waals surface area contributed by atoms with Crippen molar-refractivity contribution in [1.29, 1.82) is 0 Å². The van der Waals surface area contributed by atoms with Crippen LogP contribution in [0.2, 0.25) is 0 Å². The normalized spacial score (nSPS) is 15.2. The van der Waals surface area contributed by atoms with E-state index in [1.54, 1.807) is 11.7 Å². The van der Waals surface area contributed by atoms with Gasteiger partial charge in [-0.2, -0.15) is 5.10 Å². The molecule has 0 bridgehead atoms. The fourth-order valence-electron chi connectivity index (χ4n) is 2.99. The van der Waals surface area contributed by atoms with Crippen molar-refractivity contribution in [2.24, 2.45) is 7.05 Å². The molecule has 1 saturated heterocycles. The van der Waals surface area contributed by atoms with Crippen LogP contribution in [0.4, 0.5) is 5.82 Å². The average molecular weight is 341 g/mol. The van der Waals surface area contributed by atoms with Gasteiger partial charge < -0.3 is 10.2 Å². The predicted molar refractivity (Wildman–Crippen MR) is 95.4 cm³/mol. The zero-order valence-electron chi connectivity index (χ0n) is 14.6. The van der Waals surface area contributed by atoms with Crippen molar-refractivity contribution in [3.63, 3.8) is 0 Å². The first kappa shape index (κ1) is 17.2. The third kappa shape index (κ3) is 4.24. The van der Waals surface area contributed by atoms with Gasteiger partial charge in [0.2, 0.25) is 5.91 Å². The summed E-state index contributed by atoms with van der Waals surface area (Å²) in [5, 5.41) is 7.09. The van der Waals surface area contributed by atoms with Crippen molar-refractivity contribution in [2.75, 3.05) is 38.0 Å². The van der Waals surface area contributed by atoms with Crippen LogP contribution in [-0.4, -0.2) is 64.1 Å². The Kier molecular flexibility index (Phi) is 5.14. The summed E-state index contributed by atoms with van der Waals surface area (Å²) in [4.78, 5) is 28.5. The van der Waals surface area contributed by atoms with Crippen LogP contribution < -0.4 is 5.32 Å². The fourth-order valence-corrected chi connectivity index (χ4v) is 2.99. The van der Waals surface area contributed by atoms with Crippen LogP contribution in [0.25, 0.3) is 0 Å². The number of rotatable bonds is 4. The first-order chi connectivity index (χ1) is 12.0. The maximum Gasteiger partial charge on any atom is 0.253 e. The first-order valence-electron chi connectivity index (χ1n) is 8.40. The zero-order chi connectivity index (χ0) is 17.8. The van der Waals surface area contributed by atoms with E-state index in [2.05, 4.69) is 15.3 Å². The van der Waals surface area contributed by atoms with Crippen LogP contribution in [-0.2, 0) is 11.8 Å². The summed E-state index contributed by atoms with van der Waals surface area (Å²) in [5.74, 6) is 0.682. The van der Waals surface area contributed by atoms with Crippen molar-refractivity contribution < 1.29 is 9.59 Å². The van der Waals surface area contributed by atoms with Gasteiger partial charge in [-0.25, -0.2) is 0 Å². The summed E-state index contributed by atoms with van der Waals surface area (Å²) < 4.78 is 1.66. The van der Waals surface area contributed by atoms with Crippen molar-refractivity contribution in [1.82, 2.24) is 19.6 Å². The minimum Gasteiger partial charge on any atom is -0.336 e. The molecule has 7 nitrogen and oxygen atoms in total. The molecule has 25 heavy (non-hydrogen) atoms. The van der Waals surface area contributed by atoms with E-state index in [9.17, 15) is 9.59 Å². The van der Waals surface area contributed by atoms with Gasteiger partial charge in [0.1, 0.15) is 5.82 Å². The van der Waals surface area contributed by atoms with Crippen molar-refractivity contribution in [2.45, 2.75) is 6.92 Å². The second-order valence-corrected chi connectivity index (χ2v) is 6.28. The first-order valence-corrected chi connectivity index (χ1v) is 8.40. The van der Waals surface area contributed by atoms with Crippen LogP contribution in [0, 0.1) is 6.92 Å². The lowest BCUT2D eigenvalue weighted by atomic mass is 10.2. The van der Waals surface area contributed by atoms with E-state index in [0.717, 1.165) is 5.69 Å². The molecule has 0 radical (unpaired) electrons. The number of benzene rings is 1. The Morgan fingerprint density at radius 3 is 2.40 bits per heavy atom. The van der Waals surface area contributed by atoms with Crippen LogP contribution >= 0.6 is 0 Å². The van der Waals surface area contributed by atoms with Gasteiger partial charge in [-0.1, -0.05) is 18.2 Å². The Labute approximate surface area is 147 Å². The molecule has 1 fully saturated rings. The second-order valence-electron chi connectivity index (χ2n) is 6.28. The molecular formula is C18H23N5O2. The molecular weight excluding hydrogens is 318 g/mol. The van der Waals surface area contributed by atoms with E-state index in [-0.39, 0.29) is 11.8 Å². The van der Waals surface area contributed by atoms with Crippen LogP contribution in [0.3, 0.4) is 0 Å². The molecule has 0 saturated carbocycles. The summed E-state index contributed by atoms with van der Waals surface area (Å²) in [6.45, 7) is 4.85. The monoisotopic (exact) mass is 341 g/mol. The van der Waals surface area contributed by atoms with Crippen LogP contribution in [0.1, 0.15) is 16.1 Å². The van der Waals surface area contributed by atoms with E-state index < -0.39 is 0 Å². The van der Waals surface area contributed by atoms with E-state index in [1.165, 1.54) is 0 Å². The molecule has 0 spiro atoms. The predicted octanol–water partition coefficient (Wildman–Crippen LogP) is 1.13. The summed E-state index contributed by atoms with van der Waals surface area (Å²) in [5.41, 5.74) is 1.58. The van der Waals surface area contributed by atoms with Gasteiger partial charge in [-0.3, -0.25) is 19.2 Å². The molecule has 0 atom stereocenters. The average Bonchev–Trinajstić information content (AvgIpc) is 2.92. The molecule has 0 unspecified atom stereocenters. The number of carbonyl (C=O) groups excluding carboxylic acids is 2. The Bertz CT molecular complexity index is 748. The Hall–Kier alpha value is -2.67. The van der Waals surface area contributed by atoms with Crippen LogP contribution in [0.15, 0.2) is 36.4 Å². The number of anilines is 1. The molecule has 1 aliphatic heterocycles.